The lowest BCUT2D eigenvalue weighted by atomic mass is 10.1. The average molecular weight is 818 g/mol. The highest BCUT2D eigenvalue weighted by Gasteiger charge is 2.25. The summed E-state index contributed by atoms with van der Waals surface area (Å²) in [6, 6.07) is 0. The van der Waals surface area contributed by atoms with Gasteiger partial charge in [0.05, 0.1) is 13.2 Å². The molecule has 0 aromatic carbocycles. The van der Waals surface area contributed by atoms with Gasteiger partial charge in [0, 0.05) is 19.4 Å². The minimum Gasteiger partial charge on any atom is -0.462 e. The third-order valence-corrected chi connectivity index (χ3v) is 9.75. The smallest absolute Gasteiger partial charge is 0.462 e. The number of unbranched alkanes of at least 4 members (excludes halogenated alkanes) is 13. The first-order chi connectivity index (χ1) is 27.8. The molecule has 0 aliphatic rings. The molecule has 0 radical (unpaired) electrons. The fourth-order valence-electron chi connectivity index (χ4n) is 5.52. The molecule has 0 bridgehead atoms. The maximum atomic E-state index is 12.6. The Morgan fingerprint density at radius 3 is 1.49 bits per heavy atom. The second-order valence-corrected chi connectivity index (χ2v) is 15.6. The van der Waals surface area contributed by atoms with Gasteiger partial charge in [0.2, 0.25) is 0 Å². The van der Waals surface area contributed by atoms with Gasteiger partial charge in [-0.15, -0.1) is 0 Å². The summed E-state index contributed by atoms with van der Waals surface area (Å²) >= 11 is 0. The van der Waals surface area contributed by atoms with Crippen LogP contribution in [0.2, 0.25) is 0 Å². The van der Waals surface area contributed by atoms with Gasteiger partial charge in [0.25, 0.3) is 0 Å². The second-order valence-electron chi connectivity index (χ2n) is 14.2. The molecule has 1 unspecified atom stereocenters. The molecule has 0 heterocycles. The normalized spacial score (nSPS) is 14.1. The molecule has 326 valence electrons. The van der Waals surface area contributed by atoms with Crippen molar-refractivity contribution in [1.82, 2.24) is 0 Å². The number of rotatable bonds is 40. The van der Waals surface area contributed by atoms with Crippen LogP contribution in [0.3, 0.4) is 0 Å². The molecule has 57 heavy (non-hydrogen) atoms. The number of nitrogens with two attached hydrogens (primary N) is 1. The summed E-state index contributed by atoms with van der Waals surface area (Å²) in [6.07, 6.45) is 53.3. The van der Waals surface area contributed by atoms with E-state index in [0.29, 0.717) is 12.8 Å². The molecule has 0 aliphatic heterocycles. The predicted octanol–water partition coefficient (Wildman–Crippen LogP) is 12.8. The molecule has 0 spiro atoms. The Kier molecular flexibility index (Phi) is 40.7. The molecular formula is C47H80NO8P. The number of hydrogen-bond donors (Lipinski definition) is 2. The monoisotopic (exact) mass is 818 g/mol. The van der Waals surface area contributed by atoms with E-state index in [4.69, 9.17) is 24.3 Å². The van der Waals surface area contributed by atoms with Gasteiger partial charge in [0.1, 0.15) is 6.61 Å². The quantitative estimate of drug-likeness (QED) is 0.0268. The standard InChI is InChI=1S/C47H80NO8P/c1-3-5-7-9-11-13-15-17-19-21-22-24-26-28-30-32-34-36-38-40-47(50)56-45(44-55-57(51,52)54-42-41-48)43-53-46(49)39-37-35-33-31-29-27-25-23-20-18-16-14-12-10-8-6-4-2/h6,8,11-14,17-20,25,27,31,33,45H,3-5,7,9-10,15-16,21-24,26,28-30,32,34-44,48H2,1-2H3,(H,51,52)/t45-/m1/s1. The van der Waals surface area contributed by atoms with E-state index in [2.05, 4.69) is 92.8 Å². The number of esters is 2. The molecule has 0 rings (SSSR count). The van der Waals surface area contributed by atoms with E-state index in [1.54, 1.807) is 0 Å². The van der Waals surface area contributed by atoms with Crippen molar-refractivity contribution in [3.63, 3.8) is 0 Å². The minimum absolute atomic E-state index is 0.0408. The molecule has 0 aromatic heterocycles. The average Bonchev–Trinajstić information content (AvgIpc) is 3.20. The van der Waals surface area contributed by atoms with Crippen molar-refractivity contribution in [3.05, 3.63) is 85.1 Å². The van der Waals surface area contributed by atoms with Crippen LogP contribution in [0.25, 0.3) is 0 Å². The maximum absolute atomic E-state index is 12.6. The molecular weight excluding hydrogens is 737 g/mol. The summed E-state index contributed by atoms with van der Waals surface area (Å²) in [5, 5.41) is 0. The third-order valence-electron chi connectivity index (χ3n) is 8.77. The first-order valence-electron chi connectivity index (χ1n) is 22.1. The van der Waals surface area contributed by atoms with Crippen LogP contribution < -0.4 is 5.73 Å². The van der Waals surface area contributed by atoms with Gasteiger partial charge in [-0.05, 0) is 83.5 Å². The van der Waals surface area contributed by atoms with Gasteiger partial charge in [-0.2, -0.15) is 0 Å². The van der Waals surface area contributed by atoms with Crippen molar-refractivity contribution >= 4 is 19.8 Å². The molecule has 10 heteroatoms. The van der Waals surface area contributed by atoms with Gasteiger partial charge in [-0.25, -0.2) is 4.57 Å². The number of phosphoric acid groups is 1. The van der Waals surface area contributed by atoms with Crippen molar-refractivity contribution < 1.29 is 37.6 Å². The number of phosphoric ester groups is 1. The summed E-state index contributed by atoms with van der Waals surface area (Å²) in [6.45, 7) is 3.51. The fraction of sp³-hybridized carbons (Fsp3) is 0.660. The van der Waals surface area contributed by atoms with Crippen molar-refractivity contribution in [1.29, 1.82) is 0 Å². The first kappa shape index (κ1) is 54.2. The van der Waals surface area contributed by atoms with E-state index in [9.17, 15) is 19.0 Å². The number of hydrogen-bond acceptors (Lipinski definition) is 8. The van der Waals surface area contributed by atoms with E-state index in [1.165, 1.54) is 57.8 Å². The maximum Gasteiger partial charge on any atom is 0.472 e. The molecule has 3 N–H and O–H groups in total. The van der Waals surface area contributed by atoms with Gasteiger partial charge in [0.15, 0.2) is 6.10 Å². The number of ether oxygens (including phenoxy) is 2. The lowest BCUT2D eigenvalue weighted by Gasteiger charge is -2.19. The number of carbonyl (C=O) groups is 2. The number of allylic oxidation sites excluding steroid dienone is 14. The molecule has 0 amide bonds. The highest BCUT2D eigenvalue weighted by molar-refractivity contribution is 7.47. The van der Waals surface area contributed by atoms with E-state index in [1.807, 2.05) is 6.08 Å². The van der Waals surface area contributed by atoms with Crippen LogP contribution in [0.1, 0.15) is 168 Å². The van der Waals surface area contributed by atoms with Gasteiger partial charge >= 0.3 is 19.8 Å². The zero-order chi connectivity index (χ0) is 41.8. The van der Waals surface area contributed by atoms with E-state index < -0.39 is 32.5 Å². The van der Waals surface area contributed by atoms with Crippen molar-refractivity contribution in [3.8, 4) is 0 Å². The van der Waals surface area contributed by atoms with Crippen LogP contribution in [0.5, 0.6) is 0 Å². The van der Waals surface area contributed by atoms with Crippen molar-refractivity contribution in [2.45, 2.75) is 174 Å². The second kappa shape index (κ2) is 42.8. The summed E-state index contributed by atoms with van der Waals surface area (Å²) in [4.78, 5) is 34.9. The lowest BCUT2D eigenvalue weighted by Crippen LogP contribution is -2.29. The summed E-state index contributed by atoms with van der Waals surface area (Å²) < 4.78 is 32.7. The van der Waals surface area contributed by atoms with E-state index >= 15 is 0 Å². The van der Waals surface area contributed by atoms with Crippen LogP contribution in [-0.4, -0.2) is 49.3 Å². The number of carbonyl (C=O) groups excluding carboxylic acids is 2. The van der Waals surface area contributed by atoms with Crippen LogP contribution in [0.4, 0.5) is 0 Å². The third kappa shape index (κ3) is 42.6. The highest BCUT2D eigenvalue weighted by atomic mass is 31.2. The Bertz CT molecular complexity index is 1210. The van der Waals surface area contributed by atoms with E-state index in [0.717, 1.165) is 70.6 Å². The van der Waals surface area contributed by atoms with Crippen molar-refractivity contribution in [2.75, 3.05) is 26.4 Å². The summed E-state index contributed by atoms with van der Waals surface area (Å²) in [7, 11) is -4.40. The molecule has 0 aromatic rings. The van der Waals surface area contributed by atoms with Crippen LogP contribution in [0, 0.1) is 0 Å². The molecule has 0 saturated heterocycles. The SMILES string of the molecule is CCC=CCC=CCC=CCC=CCC=CCCCC(=O)OC[C@H](COP(=O)(O)OCCN)OC(=O)CCCCCCCCCCCC=CCC=CCCCCC. The lowest BCUT2D eigenvalue weighted by molar-refractivity contribution is -0.161. The summed E-state index contributed by atoms with van der Waals surface area (Å²) in [5.74, 6) is -0.908. The first-order valence-corrected chi connectivity index (χ1v) is 23.6. The largest absolute Gasteiger partial charge is 0.472 e. The minimum atomic E-state index is -4.40. The van der Waals surface area contributed by atoms with Gasteiger partial charge in [-0.1, -0.05) is 157 Å². The predicted molar refractivity (Wildman–Crippen MR) is 238 cm³/mol. The van der Waals surface area contributed by atoms with Crippen LogP contribution in [-0.2, 0) is 32.7 Å². The van der Waals surface area contributed by atoms with Crippen LogP contribution >= 0.6 is 7.82 Å². The highest BCUT2D eigenvalue weighted by Crippen LogP contribution is 2.43. The van der Waals surface area contributed by atoms with Crippen molar-refractivity contribution in [2.24, 2.45) is 5.73 Å². The van der Waals surface area contributed by atoms with Gasteiger partial charge < -0.3 is 20.1 Å². The Hall–Kier alpha value is -2.81. The summed E-state index contributed by atoms with van der Waals surface area (Å²) in [5.41, 5.74) is 5.35. The zero-order valence-corrected chi connectivity index (χ0v) is 36.7. The topological polar surface area (TPSA) is 134 Å². The molecule has 0 fully saturated rings. The zero-order valence-electron chi connectivity index (χ0n) is 35.8. The van der Waals surface area contributed by atoms with Gasteiger partial charge in [-0.3, -0.25) is 18.6 Å². The Morgan fingerprint density at radius 1 is 0.544 bits per heavy atom. The Labute approximate surface area is 347 Å². The Balaban J connectivity index is 4.25. The Morgan fingerprint density at radius 2 is 0.982 bits per heavy atom. The molecule has 0 aliphatic carbocycles. The van der Waals surface area contributed by atoms with Crippen LogP contribution in [0.15, 0.2) is 85.1 Å². The molecule has 0 saturated carbocycles. The fourth-order valence-corrected chi connectivity index (χ4v) is 6.29. The molecule has 9 nitrogen and oxygen atoms in total. The van der Waals surface area contributed by atoms with E-state index in [-0.39, 0.29) is 32.6 Å². The molecule has 2 atom stereocenters.